The first-order chi connectivity index (χ1) is 19.7. The molecule has 1 N–H and O–H groups in total. The number of aliphatic hydroxyl groups excluding tert-OH is 1. The third-order valence-corrected chi connectivity index (χ3v) is 7.09. The monoisotopic (exact) mass is 574 g/mol. The number of piperidine rings is 1. The van der Waals surface area contributed by atoms with Crippen LogP contribution in [-0.2, 0) is 4.74 Å². The highest BCUT2D eigenvalue weighted by Gasteiger charge is 2.28. The predicted molar refractivity (Wildman–Crippen MR) is 150 cm³/mol. The Labute approximate surface area is 237 Å². The second-order valence-electron chi connectivity index (χ2n) is 10.3. The van der Waals surface area contributed by atoms with Gasteiger partial charge in [0.2, 0.25) is 0 Å². The molecule has 0 bridgehead atoms. The van der Waals surface area contributed by atoms with Gasteiger partial charge in [0.1, 0.15) is 5.69 Å². The van der Waals surface area contributed by atoms with Gasteiger partial charge in [-0.05, 0) is 43.4 Å². The number of hydrogen-bond acceptors (Lipinski definition) is 8. The molecule has 1 saturated heterocycles. The van der Waals surface area contributed by atoms with E-state index < -0.39 is 17.3 Å². The van der Waals surface area contributed by atoms with Crippen molar-refractivity contribution in [2.24, 2.45) is 5.92 Å². The number of carbonyl (C=O) groups excluding carboxylic acids is 1. The van der Waals surface area contributed by atoms with Gasteiger partial charge in [0.05, 0.1) is 38.1 Å². The Morgan fingerprint density at radius 3 is 2.37 bits per heavy atom. The van der Waals surface area contributed by atoms with Crippen LogP contribution < -0.4 is 19.9 Å². The van der Waals surface area contributed by atoms with E-state index in [0.717, 1.165) is 6.07 Å². The van der Waals surface area contributed by atoms with Gasteiger partial charge in [0.25, 0.3) is 5.56 Å². The number of methoxy groups -OCH3 is 2. The second kappa shape index (κ2) is 13.2. The number of anilines is 2. The highest BCUT2D eigenvalue weighted by Crippen LogP contribution is 2.40. The van der Waals surface area contributed by atoms with Crippen LogP contribution >= 0.6 is 0 Å². The molecular weight excluding hydrogens is 538 g/mol. The zero-order valence-corrected chi connectivity index (χ0v) is 23.7. The molecule has 41 heavy (non-hydrogen) atoms. The molecule has 1 aliphatic rings. The molecule has 3 aromatic rings. The molecule has 0 spiro atoms. The van der Waals surface area contributed by atoms with Crippen molar-refractivity contribution in [1.82, 2.24) is 14.5 Å². The van der Waals surface area contributed by atoms with Crippen LogP contribution in [0.3, 0.4) is 0 Å². The van der Waals surface area contributed by atoms with Crippen molar-refractivity contribution in [3.05, 3.63) is 52.6 Å². The molecule has 0 unspecified atom stereocenters. The summed E-state index contributed by atoms with van der Waals surface area (Å²) in [5.41, 5.74) is 0.0355. The zero-order valence-electron chi connectivity index (χ0n) is 23.7. The van der Waals surface area contributed by atoms with Crippen molar-refractivity contribution in [3.8, 4) is 11.5 Å². The molecule has 4 rings (SSSR count). The molecular formula is C29H36F2N4O6. The molecule has 0 radical (unpaired) electrons. The van der Waals surface area contributed by atoms with Gasteiger partial charge in [-0.3, -0.25) is 9.36 Å². The third-order valence-electron chi connectivity index (χ3n) is 7.09. The van der Waals surface area contributed by atoms with E-state index in [1.165, 1.54) is 25.4 Å². The van der Waals surface area contributed by atoms with Gasteiger partial charge in [-0.15, -0.1) is 0 Å². The molecule has 2 aromatic carbocycles. The first kappa shape index (κ1) is 30.0. The third kappa shape index (κ3) is 6.37. The van der Waals surface area contributed by atoms with E-state index in [9.17, 15) is 14.7 Å². The van der Waals surface area contributed by atoms with E-state index in [2.05, 4.69) is 4.98 Å². The Hall–Kier alpha value is -3.93. The molecule has 0 aliphatic carbocycles. The maximum atomic E-state index is 15.4. The van der Waals surface area contributed by atoms with E-state index in [1.807, 2.05) is 13.8 Å². The Morgan fingerprint density at radius 1 is 1.12 bits per heavy atom. The lowest BCUT2D eigenvalue weighted by atomic mass is 10.0. The van der Waals surface area contributed by atoms with Gasteiger partial charge in [-0.25, -0.2) is 18.6 Å². The molecule has 1 aliphatic heterocycles. The van der Waals surface area contributed by atoms with Crippen LogP contribution in [-0.4, -0.2) is 72.7 Å². The number of carbonyl (C=O) groups is 1. The summed E-state index contributed by atoms with van der Waals surface area (Å²) >= 11 is 0. The van der Waals surface area contributed by atoms with Crippen molar-refractivity contribution in [2.75, 3.05) is 52.0 Å². The van der Waals surface area contributed by atoms with Crippen molar-refractivity contribution in [1.29, 1.82) is 0 Å². The van der Waals surface area contributed by atoms with Gasteiger partial charge in [-0.1, -0.05) is 13.8 Å². The van der Waals surface area contributed by atoms with Crippen LogP contribution in [0.2, 0.25) is 0 Å². The van der Waals surface area contributed by atoms with E-state index >= 15 is 8.78 Å². The fourth-order valence-electron chi connectivity index (χ4n) is 4.92. The van der Waals surface area contributed by atoms with Crippen LogP contribution in [0, 0.1) is 17.6 Å². The topological polar surface area (TPSA) is 106 Å². The van der Waals surface area contributed by atoms with Crippen molar-refractivity contribution in [2.45, 2.75) is 39.2 Å². The van der Waals surface area contributed by atoms with E-state index in [-0.39, 0.29) is 60.1 Å². The lowest BCUT2D eigenvalue weighted by molar-refractivity contribution is 0.0795. The smallest absolute Gasteiger partial charge is 0.409 e. The first-order valence-corrected chi connectivity index (χ1v) is 13.6. The average Bonchev–Trinajstić information content (AvgIpc) is 2.98. The highest BCUT2D eigenvalue weighted by atomic mass is 19.1. The molecule has 222 valence electrons. The fraction of sp³-hybridized carbons (Fsp3) is 0.483. The van der Waals surface area contributed by atoms with Gasteiger partial charge in [-0.2, -0.15) is 0 Å². The van der Waals surface area contributed by atoms with Crippen LogP contribution in [0.5, 0.6) is 11.5 Å². The molecule has 10 nitrogen and oxygen atoms in total. The van der Waals surface area contributed by atoms with Gasteiger partial charge >= 0.3 is 6.09 Å². The summed E-state index contributed by atoms with van der Waals surface area (Å²) in [6.07, 6.45) is 2.43. The first-order valence-electron chi connectivity index (χ1n) is 13.6. The number of aromatic nitrogens is 2. The number of fused-ring (bicyclic) bond motifs is 1. The van der Waals surface area contributed by atoms with Gasteiger partial charge in [0.15, 0.2) is 23.1 Å². The van der Waals surface area contributed by atoms with Crippen LogP contribution in [0.25, 0.3) is 10.9 Å². The average molecular weight is 575 g/mol. The molecule has 1 aromatic heterocycles. The maximum Gasteiger partial charge on any atom is 0.409 e. The van der Waals surface area contributed by atoms with Crippen molar-refractivity contribution < 1.29 is 32.9 Å². The standard InChI is InChI=1S/C29H36F2N4O6/c1-18(2)16-41-29(38)33-11-8-19(9-12-33)35-17-32-22-7-6-20(14-21(22)28(35)37)34(10-5-13-36)27-25(30)23(39-3)15-24(40-4)26(27)31/h6-7,14-15,17-19,36H,5,8-13,16H2,1-4H3. The molecule has 2 heterocycles. The second-order valence-corrected chi connectivity index (χ2v) is 10.3. The van der Waals surface area contributed by atoms with E-state index in [0.29, 0.717) is 43.7 Å². The van der Waals surface area contributed by atoms with Crippen molar-refractivity contribution >= 4 is 28.4 Å². The van der Waals surface area contributed by atoms with E-state index in [4.69, 9.17) is 14.2 Å². The molecule has 1 fully saturated rings. The summed E-state index contributed by atoms with van der Waals surface area (Å²) in [7, 11) is 2.53. The summed E-state index contributed by atoms with van der Waals surface area (Å²) in [5, 5.41) is 9.77. The Morgan fingerprint density at radius 2 is 1.78 bits per heavy atom. The number of nitrogens with zero attached hydrogens (tertiary/aromatic N) is 4. The summed E-state index contributed by atoms with van der Waals surface area (Å²) in [5.74, 6) is -2.06. The molecule has 0 saturated carbocycles. The van der Waals surface area contributed by atoms with Crippen molar-refractivity contribution in [3.63, 3.8) is 0 Å². The van der Waals surface area contributed by atoms with E-state index in [1.54, 1.807) is 27.7 Å². The highest BCUT2D eigenvalue weighted by molar-refractivity contribution is 5.83. The lowest BCUT2D eigenvalue weighted by Crippen LogP contribution is -2.41. The number of halogens is 2. The number of likely N-dealkylation sites (tertiary alicyclic amines) is 1. The van der Waals surface area contributed by atoms with Gasteiger partial charge in [0, 0.05) is 44.0 Å². The van der Waals surface area contributed by atoms with Crippen LogP contribution in [0.4, 0.5) is 25.0 Å². The quantitative estimate of drug-likeness (QED) is 0.373. The Balaban J connectivity index is 1.68. The largest absolute Gasteiger partial charge is 0.493 e. The summed E-state index contributed by atoms with van der Waals surface area (Å²) in [4.78, 5) is 33.4. The normalized spacial score (nSPS) is 14.0. The summed E-state index contributed by atoms with van der Waals surface area (Å²) < 4.78 is 48.0. The van der Waals surface area contributed by atoms with Crippen LogP contribution in [0.1, 0.15) is 39.2 Å². The predicted octanol–water partition coefficient (Wildman–Crippen LogP) is 4.64. The minimum absolute atomic E-state index is 0.0476. The number of ether oxygens (including phenoxy) is 3. The lowest BCUT2D eigenvalue weighted by Gasteiger charge is -2.32. The van der Waals surface area contributed by atoms with Crippen LogP contribution in [0.15, 0.2) is 35.4 Å². The number of hydrogen-bond donors (Lipinski definition) is 1. The molecule has 1 amide bonds. The summed E-state index contributed by atoms with van der Waals surface area (Å²) in [6.45, 7) is 5.00. The maximum absolute atomic E-state index is 15.4. The Bertz CT molecular complexity index is 1410. The number of rotatable bonds is 10. The minimum Gasteiger partial charge on any atom is -0.493 e. The SMILES string of the molecule is COc1cc(OC)c(F)c(N(CCCO)c2ccc3ncn(C4CCN(C(=O)OCC(C)C)CC4)c(=O)c3c2)c1F. The fourth-order valence-corrected chi connectivity index (χ4v) is 4.92. The summed E-state index contributed by atoms with van der Waals surface area (Å²) in [6, 6.07) is 5.71. The van der Waals surface area contributed by atoms with Gasteiger partial charge < -0.3 is 29.1 Å². The number of amides is 1. The molecule has 12 heteroatoms. The Kier molecular flexibility index (Phi) is 9.64. The number of aliphatic hydroxyl groups is 1. The zero-order chi connectivity index (χ0) is 29.7. The number of benzene rings is 2. The molecule has 0 atom stereocenters. The minimum atomic E-state index is -0.939.